The number of hydrogen-bond donors (Lipinski definition) is 0. The Morgan fingerprint density at radius 1 is 1.64 bits per heavy atom. The smallest absolute Gasteiger partial charge is 0.258 e. The van der Waals surface area contributed by atoms with Crippen molar-refractivity contribution < 1.29 is 4.92 Å². The van der Waals surface area contributed by atoms with Gasteiger partial charge in [0.25, 0.3) is 5.69 Å². The third kappa shape index (κ3) is 2.25. The molecule has 1 unspecified atom stereocenters. The van der Waals surface area contributed by atoms with Gasteiger partial charge in [0, 0.05) is 11.4 Å². The first-order valence-electron chi connectivity index (χ1n) is 4.06. The standard InChI is InChI=1S/C9H9BrClNO2/c1-6(5-10)9-7(11)3-2-4-8(9)12(13)14/h2-4,6H,5H2,1H3. The Kier molecular flexibility index (Phi) is 3.89. The summed E-state index contributed by atoms with van der Waals surface area (Å²) >= 11 is 9.21. The minimum atomic E-state index is -0.402. The van der Waals surface area contributed by atoms with Gasteiger partial charge in [-0.15, -0.1) is 0 Å². The van der Waals surface area contributed by atoms with E-state index in [4.69, 9.17) is 11.6 Å². The van der Waals surface area contributed by atoms with Gasteiger partial charge in [0.2, 0.25) is 0 Å². The molecule has 0 fully saturated rings. The van der Waals surface area contributed by atoms with Gasteiger partial charge in [0.1, 0.15) is 0 Å². The molecule has 1 aromatic carbocycles. The van der Waals surface area contributed by atoms with Crippen LogP contribution in [-0.4, -0.2) is 10.3 Å². The largest absolute Gasteiger partial charge is 0.274 e. The van der Waals surface area contributed by atoms with E-state index in [9.17, 15) is 10.1 Å². The second-order valence-corrected chi connectivity index (χ2v) is 4.04. The van der Waals surface area contributed by atoms with E-state index in [1.807, 2.05) is 6.92 Å². The van der Waals surface area contributed by atoms with Crippen LogP contribution in [0.1, 0.15) is 18.4 Å². The molecule has 5 heteroatoms. The molecule has 0 saturated carbocycles. The minimum Gasteiger partial charge on any atom is -0.258 e. The molecule has 0 N–H and O–H groups in total. The first kappa shape index (κ1) is 11.5. The Balaban J connectivity index is 3.29. The Hall–Kier alpha value is -0.610. The molecule has 3 nitrogen and oxygen atoms in total. The molecule has 0 amide bonds. The summed E-state index contributed by atoms with van der Waals surface area (Å²) in [7, 11) is 0. The fourth-order valence-electron chi connectivity index (χ4n) is 1.25. The van der Waals surface area contributed by atoms with Crippen LogP contribution >= 0.6 is 27.5 Å². The van der Waals surface area contributed by atoms with Crippen molar-refractivity contribution in [3.05, 3.63) is 38.9 Å². The highest BCUT2D eigenvalue weighted by molar-refractivity contribution is 9.09. The molecule has 0 aliphatic rings. The molecule has 0 saturated heterocycles. The van der Waals surface area contributed by atoms with E-state index >= 15 is 0 Å². The predicted molar refractivity (Wildman–Crippen MR) is 60.3 cm³/mol. The van der Waals surface area contributed by atoms with Gasteiger partial charge >= 0.3 is 0 Å². The fourth-order valence-corrected chi connectivity index (χ4v) is 1.93. The lowest BCUT2D eigenvalue weighted by Crippen LogP contribution is -2.01. The maximum absolute atomic E-state index is 10.7. The Morgan fingerprint density at radius 3 is 2.79 bits per heavy atom. The molecule has 1 atom stereocenters. The molecule has 0 aliphatic heterocycles. The van der Waals surface area contributed by atoms with Crippen LogP contribution < -0.4 is 0 Å². The molecule has 0 aliphatic carbocycles. The SMILES string of the molecule is CC(CBr)c1c(Cl)cccc1[N+](=O)[O-]. The average molecular weight is 279 g/mol. The molecule has 0 spiro atoms. The van der Waals surface area contributed by atoms with Crippen molar-refractivity contribution in [1.29, 1.82) is 0 Å². The van der Waals surface area contributed by atoms with Crippen LogP contribution in [-0.2, 0) is 0 Å². The Bertz CT molecular complexity index is 357. The van der Waals surface area contributed by atoms with Crippen molar-refractivity contribution in [3.63, 3.8) is 0 Å². The molecule has 0 bridgehead atoms. The van der Waals surface area contributed by atoms with E-state index in [-0.39, 0.29) is 11.6 Å². The molecule has 0 aromatic heterocycles. The summed E-state index contributed by atoms with van der Waals surface area (Å²) in [5, 5.41) is 11.8. The van der Waals surface area contributed by atoms with Crippen LogP contribution in [0.15, 0.2) is 18.2 Å². The topological polar surface area (TPSA) is 43.1 Å². The first-order chi connectivity index (χ1) is 6.57. The van der Waals surface area contributed by atoms with Crippen molar-refractivity contribution >= 4 is 33.2 Å². The Labute approximate surface area is 95.4 Å². The zero-order chi connectivity index (χ0) is 10.7. The number of benzene rings is 1. The normalized spacial score (nSPS) is 12.5. The van der Waals surface area contributed by atoms with Crippen molar-refractivity contribution in [3.8, 4) is 0 Å². The van der Waals surface area contributed by atoms with E-state index in [0.29, 0.717) is 15.9 Å². The lowest BCUT2D eigenvalue weighted by Gasteiger charge is -2.10. The van der Waals surface area contributed by atoms with Gasteiger partial charge in [0.05, 0.1) is 15.5 Å². The summed E-state index contributed by atoms with van der Waals surface area (Å²) in [4.78, 5) is 10.3. The van der Waals surface area contributed by atoms with E-state index in [1.165, 1.54) is 6.07 Å². The van der Waals surface area contributed by atoms with E-state index < -0.39 is 4.92 Å². The number of hydrogen-bond acceptors (Lipinski definition) is 2. The van der Waals surface area contributed by atoms with Crippen molar-refractivity contribution in [2.45, 2.75) is 12.8 Å². The number of halogens is 2. The number of nitro benzene ring substituents is 1. The maximum Gasteiger partial charge on any atom is 0.274 e. The molecule has 0 heterocycles. The number of alkyl halides is 1. The van der Waals surface area contributed by atoms with Crippen LogP contribution in [0.2, 0.25) is 5.02 Å². The van der Waals surface area contributed by atoms with E-state index in [0.717, 1.165) is 0 Å². The van der Waals surface area contributed by atoms with E-state index in [2.05, 4.69) is 15.9 Å². The minimum absolute atomic E-state index is 0.0316. The zero-order valence-corrected chi connectivity index (χ0v) is 9.88. The summed E-state index contributed by atoms with van der Waals surface area (Å²) in [5.41, 5.74) is 0.681. The van der Waals surface area contributed by atoms with Crippen molar-refractivity contribution in [2.24, 2.45) is 0 Å². The van der Waals surface area contributed by atoms with E-state index in [1.54, 1.807) is 12.1 Å². The fraction of sp³-hybridized carbons (Fsp3) is 0.333. The average Bonchev–Trinajstić information content (AvgIpc) is 2.16. The summed E-state index contributed by atoms with van der Waals surface area (Å²) in [6.45, 7) is 1.89. The van der Waals surface area contributed by atoms with Gasteiger partial charge in [0.15, 0.2) is 0 Å². The molecular formula is C9H9BrClNO2. The monoisotopic (exact) mass is 277 g/mol. The van der Waals surface area contributed by atoms with Gasteiger partial charge in [-0.2, -0.15) is 0 Å². The van der Waals surface area contributed by atoms with Crippen LogP contribution in [0.4, 0.5) is 5.69 Å². The molecule has 1 rings (SSSR count). The summed E-state index contributed by atoms with van der Waals surface area (Å²) in [6, 6.07) is 4.73. The van der Waals surface area contributed by atoms with Crippen molar-refractivity contribution in [1.82, 2.24) is 0 Å². The highest BCUT2D eigenvalue weighted by atomic mass is 79.9. The third-order valence-electron chi connectivity index (χ3n) is 1.95. The van der Waals surface area contributed by atoms with Gasteiger partial charge in [-0.25, -0.2) is 0 Å². The number of nitrogens with zero attached hydrogens (tertiary/aromatic N) is 1. The third-order valence-corrected chi connectivity index (χ3v) is 3.25. The highest BCUT2D eigenvalue weighted by Gasteiger charge is 2.20. The lowest BCUT2D eigenvalue weighted by molar-refractivity contribution is -0.385. The summed E-state index contributed by atoms with van der Waals surface area (Å²) in [6.07, 6.45) is 0. The van der Waals surface area contributed by atoms with Gasteiger partial charge in [-0.1, -0.05) is 40.5 Å². The summed E-state index contributed by atoms with van der Waals surface area (Å²) in [5.74, 6) is 0.0316. The number of nitro groups is 1. The highest BCUT2D eigenvalue weighted by Crippen LogP contribution is 2.33. The van der Waals surface area contributed by atoms with Gasteiger partial charge in [-0.05, 0) is 12.0 Å². The first-order valence-corrected chi connectivity index (χ1v) is 5.56. The predicted octanol–water partition coefficient (Wildman–Crippen LogP) is 3.75. The van der Waals surface area contributed by atoms with Gasteiger partial charge < -0.3 is 0 Å². The molecule has 14 heavy (non-hydrogen) atoms. The molecule has 0 radical (unpaired) electrons. The second kappa shape index (κ2) is 4.75. The lowest BCUT2D eigenvalue weighted by atomic mass is 10.0. The van der Waals surface area contributed by atoms with Crippen LogP contribution in [0.25, 0.3) is 0 Å². The zero-order valence-electron chi connectivity index (χ0n) is 7.54. The molecule has 76 valence electrons. The molecule has 1 aromatic rings. The Morgan fingerprint density at radius 2 is 2.29 bits per heavy atom. The van der Waals surface area contributed by atoms with Crippen LogP contribution in [0.5, 0.6) is 0 Å². The van der Waals surface area contributed by atoms with Crippen LogP contribution in [0, 0.1) is 10.1 Å². The second-order valence-electron chi connectivity index (χ2n) is 2.99. The maximum atomic E-state index is 10.7. The summed E-state index contributed by atoms with van der Waals surface area (Å²) < 4.78 is 0. The quantitative estimate of drug-likeness (QED) is 0.480. The van der Waals surface area contributed by atoms with Crippen molar-refractivity contribution in [2.75, 3.05) is 5.33 Å². The van der Waals surface area contributed by atoms with Gasteiger partial charge in [-0.3, -0.25) is 10.1 Å². The number of rotatable bonds is 3. The molecular weight excluding hydrogens is 269 g/mol. The van der Waals surface area contributed by atoms with Crippen LogP contribution in [0.3, 0.4) is 0 Å².